The highest BCUT2D eigenvalue weighted by atomic mass is 32.1. The smallest absolute Gasteiger partial charge is 0.149 e. The van der Waals surface area contributed by atoms with Crippen LogP contribution in [0.15, 0.2) is 35.1 Å². The first-order valence-electron chi connectivity index (χ1n) is 5.32. The highest BCUT2D eigenvalue weighted by Gasteiger charge is 2.06. The average molecular weight is 250 g/mol. The molecule has 0 aromatic carbocycles. The summed E-state index contributed by atoms with van der Waals surface area (Å²) in [5, 5.41) is 13.4. The van der Waals surface area contributed by atoms with E-state index >= 15 is 0 Å². The van der Waals surface area contributed by atoms with E-state index < -0.39 is 0 Å². The van der Waals surface area contributed by atoms with Crippen molar-refractivity contribution >= 4 is 17.2 Å². The summed E-state index contributed by atoms with van der Waals surface area (Å²) >= 11 is 1.67. The summed E-state index contributed by atoms with van der Waals surface area (Å²) in [5.41, 5.74) is 5.42. The second kappa shape index (κ2) is 5.49. The minimum absolute atomic E-state index is 0.266. The number of hydrogen-bond donors (Lipinski definition) is 2. The molecule has 0 radical (unpaired) electrons. The first kappa shape index (κ1) is 11.7. The Labute approximate surface area is 103 Å². The normalized spacial score (nSPS) is 11.9. The summed E-state index contributed by atoms with van der Waals surface area (Å²) in [4.78, 5) is 5.49. The van der Waals surface area contributed by atoms with Gasteiger partial charge in [0.25, 0.3) is 0 Å². The topological polar surface area (TPSA) is 76.4 Å². The first-order valence-corrected chi connectivity index (χ1v) is 6.20. The van der Waals surface area contributed by atoms with Crippen molar-refractivity contribution in [2.24, 2.45) is 10.9 Å². The molecule has 0 saturated carbocycles. The van der Waals surface area contributed by atoms with Crippen molar-refractivity contribution in [1.29, 1.82) is 0 Å². The second-order valence-electron chi connectivity index (χ2n) is 3.62. The molecule has 0 aliphatic heterocycles. The van der Waals surface area contributed by atoms with Crippen molar-refractivity contribution in [2.45, 2.75) is 19.4 Å². The second-order valence-corrected chi connectivity index (χ2v) is 4.56. The first-order chi connectivity index (χ1) is 8.31. The van der Waals surface area contributed by atoms with E-state index in [0.717, 1.165) is 23.7 Å². The third-order valence-electron chi connectivity index (χ3n) is 2.42. The van der Waals surface area contributed by atoms with Gasteiger partial charge in [0, 0.05) is 25.4 Å². The summed E-state index contributed by atoms with van der Waals surface area (Å²) < 4.78 is 2.08. The van der Waals surface area contributed by atoms with Gasteiger partial charge in [-0.05, 0) is 17.9 Å². The van der Waals surface area contributed by atoms with Gasteiger partial charge in [0.2, 0.25) is 0 Å². The van der Waals surface area contributed by atoms with Gasteiger partial charge in [0.15, 0.2) is 0 Å². The molecular weight excluding hydrogens is 236 g/mol. The zero-order valence-electron chi connectivity index (χ0n) is 9.28. The van der Waals surface area contributed by atoms with Gasteiger partial charge in [0.05, 0.1) is 4.88 Å². The van der Waals surface area contributed by atoms with Crippen LogP contribution in [-0.4, -0.2) is 20.6 Å². The van der Waals surface area contributed by atoms with Crippen LogP contribution in [-0.2, 0) is 6.54 Å². The van der Waals surface area contributed by atoms with E-state index in [1.807, 2.05) is 23.7 Å². The molecule has 0 bridgehead atoms. The van der Waals surface area contributed by atoms with Crippen LogP contribution in [0.1, 0.15) is 12.8 Å². The average Bonchev–Trinajstić information content (AvgIpc) is 2.98. The van der Waals surface area contributed by atoms with Crippen molar-refractivity contribution in [1.82, 2.24) is 9.55 Å². The van der Waals surface area contributed by atoms with Crippen LogP contribution >= 0.6 is 11.3 Å². The van der Waals surface area contributed by atoms with Gasteiger partial charge in [-0.2, -0.15) is 0 Å². The molecule has 0 fully saturated rings. The molecule has 17 heavy (non-hydrogen) atoms. The largest absolute Gasteiger partial charge is 0.409 e. The Morgan fingerprint density at radius 2 is 2.47 bits per heavy atom. The molecule has 0 spiro atoms. The predicted octanol–water partition coefficient (Wildman–Crippen LogP) is 2.14. The van der Waals surface area contributed by atoms with E-state index in [-0.39, 0.29) is 5.84 Å². The Hall–Kier alpha value is -1.82. The Kier molecular flexibility index (Phi) is 3.77. The molecule has 0 atom stereocenters. The number of hydrogen-bond acceptors (Lipinski definition) is 4. The maximum Gasteiger partial charge on any atom is 0.149 e. The highest BCUT2D eigenvalue weighted by molar-refractivity contribution is 7.13. The molecule has 2 aromatic heterocycles. The van der Waals surface area contributed by atoms with Gasteiger partial charge >= 0.3 is 0 Å². The van der Waals surface area contributed by atoms with Crippen LogP contribution < -0.4 is 5.73 Å². The maximum atomic E-state index is 8.44. The van der Waals surface area contributed by atoms with E-state index in [9.17, 15) is 0 Å². The van der Waals surface area contributed by atoms with Crippen molar-refractivity contribution in [2.75, 3.05) is 0 Å². The van der Waals surface area contributed by atoms with Crippen LogP contribution in [0.2, 0.25) is 0 Å². The van der Waals surface area contributed by atoms with Gasteiger partial charge in [-0.25, -0.2) is 4.98 Å². The molecule has 2 rings (SSSR count). The van der Waals surface area contributed by atoms with Gasteiger partial charge in [0.1, 0.15) is 11.7 Å². The van der Waals surface area contributed by atoms with Crippen molar-refractivity contribution in [3.8, 4) is 10.7 Å². The van der Waals surface area contributed by atoms with Gasteiger partial charge < -0.3 is 15.5 Å². The van der Waals surface area contributed by atoms with Crippen molar-refractivity contribution in [3.05, 3.63) is 29.9 Å². The number of imidazole rings is 1. The van der Waals surface area contributed by atoms with Crippen LogP contribution in [0, 0.1) is 0 Å². The Morgan fingerprint density at radius 3 is 3.18 bits per heavy atom. The number of oxime groups is 1. The van der Waals surface area contributed by atoms with E-state index in [1.54, 1.807) is 17.5 Å². The third kappa shape index (κ3) is 2.85. The van der Waals surface area contributed by atoms with Gasteiger partial charge in [-0.15, -0.1) is 11.3 Å². The monoisotopic (exact) mass is 250 g/mol. The Morgan fingerprint density at radius 1 is 1.59 bits per heavy atom. The van der Waals surface area contributed by atoms with Gasteiger partial charge in [-0.3, -0.25) is 0 Å². The fraction of sp³-hybridized carbons (Fsp3) is 0.273. The van der Waals surface area contributed by atoms with Crippen LogP contribution in [0.4, 0.5) is 0 Å². The zero-order valence-corrected chi connectivity index (χ0v) is 10.1. The third-order valence-corrected chi connectivity index (χ3v) is 3.28. The van der Waals surface area contributed by atoms with E-state index in [2.05, 4.69) is 14.7 Å². The minimum Gasteiger partial charge on any atom is -0.409 e. The minimum atomic E-state index is 0.266. The summed E-state index contributed by atoms with van der Waals surface area (Å²) in [6.07, 6.45) is 5.14. The lowest BCUT2D eigenvalue weighted by atomic mass is 10.3. The van der Waals surface area contributed by atoms with E-state index in [4.69, 9.17) is 10.9 Å². The highest BCUT2D eigenvalue weighted by Crippen LogP contribution is 2.22. The molecule has 5 nitrogen and oxygen atoms in total. The van der Waals surface area contributed by atoms with Crippen LogP contribution in [0.3, 0.4) is 0 Å². The molecule has 0 aliphatic carbocycles. The summed E-state index contributed by atoms with van der Waals surface area (Å²) in [7, 11) is 0. The molecule has 0 aliphatic rings. The lowest BCUT2D eigenvalue weighted by Gasteiger charge is -2.05. The molecule has 0 saturated heterocycles. The van der Waals surface area contributed by atoms with Crippen LogP contribution in [0.25, 0.3) is 10.7 Å². The molecule has 0 amide bonds. The summed E-state index contributed by atoms with van der Waals surface area (Å²) in [5.74, 6) is 1.24. The molecule has 6 heteroatoms. The Balaban J connectivity index is 2.00. The molecule has 90 valence electrons. The van der Waals surface area contributed by atoms with Crippen molar-refractivity contribution in [3.63, 3.8) is 0 Å². The standard InChI is InChI=1S/C11H14N4OS/c12-10(14-16)4-1-6-15-7-5-13-11(15)9-3-2-8-17-9/h2-3,5,7-8,16H,1,4,6H2,(H2,12,14). The fourth-order valence-electron chi connectivity index (χ4n) is 1.60. The van der Waals surface area contributed by atoms with Crippen LogP contribution in [0.5, 0.6) is 0 Å². The number of rotatable bonds is 5. The number of nitrogens with zero attached hydrogens (tertiary/aromatic N) is 3. The number of amidine groups is 1. The molecular formula is C11H14N4OS. The molecule has 2 aromatic rings. The number of aryl methyl sites for hydroxylation is 1. The fourth-order valence-corrected chi connectivity index (χ4v) is 2.34. The molecule has 0 unspecified atom stereocenters. The zero-order chi connectivity index (χ0) is 12.1. The SMILES string of the molecule is NC(CCCn1ccnc1-c1cccs1)=NO. The maximum absolute atomic E-state index is 8.44. The quantitative estimate of drug-likeness (QED) is 0.369. The molecule has 2 heterocycles. The molecule has 3 N–H and O–H groups in total. The van der Waals surface area contributed by atoms with E-state index in [1.165, 1.54) is 0 Å². The lowest BCUT2D eigenvalue weighted by Crippen LogP contribution is -2.12. The lowest BCUT2D eigenvalue weighted by molar-refractivity contribution is 0.316. The number of nitrogens with two attached hydrogens (primary N) is 1. The number of thiophene rings is 1. The predicted molar refractivity (Wildman–Crippen MR) is 68.2 cm³/mol. The van der Waals surface area contributed by atoms with Crippen molar-refractivity contribution < 1.29 is 5.21 Å². The van der Waals surface area contributed by atoms with E-state index in [0.29, 0.717) is 6.42 Å². The Bertz CT molecular complexity index is 489. The summed E-state index contributed by atoms with van der Waals surface area (Å²) in [6, 6.07) is 4.06. The number of aromatic nitrogens is 2. The van der Waals surface area contributed by atoms with Gasteiger partial charge in [-0.1, -0.05) is 11.2 Å². The summed E-state index contributed by atoms with van der Waals surface area (Å²) in [6.45, 7) is 0.809.